The molecule has 0 bridgehead atoms. The molecule has 1 N–H and O–H groups in total. The van der Waals surface area contributed by atoms with Gasteiger partial charge >= 0.3 is 0 Å². The molecule has 1 heterocycles. The molecular formula is C13H18N2S. The van der Waals surface area contributed by atoms with E-state index in [0.29, 0.717) is 0 Å². The summed E-state index contributed by atoms with van der Waals surface area (Å²) in [5, 5.41) is 4.22. The van der Waals surface area contributed by atoms with Gasteiger partial charge in [0.15, 0.2) is 5.11 Å². The van der Waals surface area contributed by atoms with E-state index in [1.54, 1.807) is 0 Å². The average molecular weight is 234 g/mol. The number of thiocarbonyl (C=S) groups is 1. The highest BCUT2D eigenvalue weighted by atomic mass is 32.1. The minimum Gasteiger partial charge on any atom is -0.349 e. The molecule has 0 spiro atoms. The number of nitrogens with one attached hydrogen (secondary N) is 1. The Hall–Kier alpha value is -1.09. The standard InChI is InChI=1S/C13H18N2S/c1-10-6-5-7-12(11(10)2)14-13(16)15-8-3-4-9-15/h5-7H,3-4,8-9H2,1-2H3,(H,14,16). The van der Waals surface area contributed by atoms with Crippen LogP contribution in [0.4, 0.5) is 5.69 Å². The Kier molecular flexibility index (Phi) is 3.44. The highest BCUT2D eigenvalue weighted by molar-refractivity contribution is 7.80. The van der Waals surface area contributed by atoms with Gasteiger partial charge < -0.3 is 10.2 Å². The van der Waals surface area contributed by atoms with E-state index in [2.05, 4.69) is 42.3 Å². The Morgan fingerprint density at radius 2 is 1.94 bits per heavy atom. The molecule has 16 heavy (non-hydrogen) atoms. The van der Waals surface area contributed by atoms with Crippen molar-refractivity contribution in [2.75, 3.05) is 18.4 Å². The molecule has 0 unspecified atom stereocenters. The maximum atomic E-state index is 5.41. The molecule has 1 aromatic carbocycles. The smallest absolute Gasteiger partial charge is 0.173 e. The Morgan fingerprint density at radius 1 is 1.25 bits per heavy atom. The van der Waals surface area contributed by atoms with Crippen LogP contribution in [0.3, 0.4) is 0 Å². The molecule has 0 atom stereocenters. The van der Waals surface area contributed by atoms with Gasteiger partial charge in [-0.15, -0.1) is 0 Å². The Labute approximate surface area is 103 Å². The van der Waals surface area contributed by atoms with Crippen LogP contribution in [0.1, 0.15) is 24.0 Å². The van der Waals surface area contributed by atoms with Crippen LogP contribution in [0, 0.1) is 13.8 Å². The molecule has 1 aliphatic rings. The zero-order valence-electron chi connectivity index (χ0n) is 9.92. The van der Waals surface area contributed by atoms with Gasteiger partial charge in [0, 0.05) is 18.8 Å². The first-order valence-electron chi connectivity index (χ1n) is 5.80. The van der Waals surface area contributed by atoms with E-state index >= 15 is 0 Å². The van der Waals surface area contributed by atoms with Gasteiger partial charge in [-0.25, -0.2) is 0 Å². The summed E-state index contributed by atoms with van der Waals surface area (Å²) in [4.78, 5) is 2.25. The molecule has 1 fully saturated rings. The van der Waals surface area contributed by atoms with Crippen molar-refractivity contribution >= 4 is 23.0 Å². The summed E-state index contributed by atoms with van der Waals surface area (Å²) in [6.07, 6.45) is 2.52. The lowest BCUT2D eigenvalue weighted by atomic mass is 10.1. The fraction of sp³-hybridized carbons (Fsp3) is 0.462. The van der Waals surface area contributed by atoms with E-state index in [9.17, 15) is 0 Å². The molecule has 2 rings (SSSR count). The molecule has 0 aromatic heterocycles. The fourth-order valence-electron chi connectivity index (χ4n) is 2.00. The second kappa shape index (κ2) is 4.83. The van der Waals surface area contributed by atoms with Crippen LogP contribution in [0.15, 0.2) is 18.2 Å². The van der Waals surface area contributed by atoms with E-state index in [0.717, 1.165) is 23.9 Å². The number of rotatable bonds is 1. The van der Waals surface area contributed by atoms with Crippen LogP contribution < -0.4 is 5.32 Å². The predicted molar refractivity (Wildman–Crippen MR) is 72.9 cm³/mol. The van der Waals surface area contributed by atoms with E-state index in [4.69, 9.17) is 12.2 Å². The number of likely N-dealkylation sites (tertiary alicyclic amines) is 1. The van der Waals surface area contributed by atoms with Crippen molar-refractivity contribution in [1.82, 2.24) is 4.90 Å². The van der Waals surface area contributed by atoms with Crippen LogP contribution in [-0.4, -0.2) is 23.1 Å². The van der Waals surface area contributed by atoms with Gasteiger partial charge in [0.05, 0.1) is 0 Å². The van der Waals surface area contributed by atoms with Gasteiger partial charge in [-0.1, -0.05) is 12.1 Å². The van der Waals surface area contributed by atoms with Gasteiger partial charge in [0.1, 0.15) is 0 Å². The second-order valence-corrected chi connectivity index (χ2v) is 4.76. The summed E-state index contributed by atoms with van der Waals surface area (Å²) in [5.74, 6) is 0. The number of benzene rings is 1. The summed E-state index contributed by atoms with van der Waals surface area (Å²) >= 11 is 5.41. The summed E-state index contributed by atoms with van der Waals surface area (Å²) in [6.45, 7) is 6.44. The van der Waals surface area contributed by atoms with Crippen molar-refractivity contribution in [2.45, 2.75) is 26.7 Å². The minimum absolute atomic E-state index is 0.867. The summed E-state index contributed by atoms with van der Waals surface area (Å²) in [5.41, 5.74) is 3.72. The molecule has 1 aromatic rings. The van der Waals surface area contributed by atoms with Gasteiger partial charge in [-0.3, -0.25) is 0 Å². The van der Waals surface area contributed by atoms with Gasteiger partial charge in [0.25, 0.3) is 0 Å². The topological polar surface area (TPSA) is 15.3 Å². The van der Waals surface area contributed by atoms with Crippen molar-refractivity contribution in [2.24, 2.45) is 0 Å². The number of nitrogens with zero attached hydrogens (tertiary/aromatic N) is 1. The zero-order valence-corrected chi connectivity index (χ0v) is 10.7. The minimum atomic E-state index is 0.867. The fourth-order valence-corrected chi connectivity index (χ4v) is 2.29. The summed E-state index contributed by atoms with van der Waals surface area (Å²) < 4.78 is 0. The maximum absolute atomic E-state index is 5.41. The summed E-state index contributed by atoms with van der Waals surface area (Å²) in [6, 6.07) is 6.28. The van der Waals surface area contributed by atoms with Gasteiger partial charge in [0.2, 0.25) is 0 Å². The first kappa shape index (κ1) is 11.4. The van der Waals surface area contributed by atoms with E-state index in [1.807, 2.05) is 0 Å². The Bertz CT molecular complexity index is 395. The Balaban J connectivity index is 2.08. The van der Waals surface area contributed by atoms with E-state index in [1.165, 1.54) is 24.0 Å². The molecule has 1 saturated heterocycles. The molecule has 86 valence electrons. The van der Waals surface area contributed by atoms with Crippen LogP contribution in [0.5, 0.6) is 0 Å². The highest BCUT2D eigenvalue weighted by Gasteiger charge is 2.15. The lowest BCUT2D eigenvalue weighted by Crippen LogP contribution is -2.32. The molecule has 2 nitrogen and oxygen atoms in total. The lowest BCUT2D eigenvalue weighted by molar-refractivity contribution is 0.528. The molecule has 0 radical (unpaired) electrons. The first-order chi connectivity index (χ1) is 7.68. The lowest BCUT2D eigenvalue weighted by Gasteiger charge is -2.21. The molecule has 0 saturated carbocycles. The Morgan fingerprint density at radius 3 is 2.62 bits per heavy atom. The van der Waals surface area contributed by atoms with Crippen molar-refractivity contribution in [3.05, 3.63) is 29.3 Å². The zero-order chi connectivity index (χ0) is 11.5. The number of aryl methyl sites for hydroxylation is 1. The highest BCUT2D eigenvalue weighted by Crippen LogP contribution is 2.19. The van der Waals surface area contributed by atoms with E-state index in [-0.39, 0.29) is 0 Å². The van der Waals surface area contributed by atoms with E-state index < -0.39 is 0 Å². The SMILES string of the molecule is Cc1cccc(NC(=S)N2CCCC2)c1C. The van der Waals surface area contributed by atoms with Gasteiger partial charge in [-0.2, -0.15) is 0 Å². The molecule has 3 heteroatoms. The largest absolute Gasteiger partial charge is 0.349 e. The van der Waals surface area contributed by atoms with Crippen LogP contribution >= 0.6 is 12.2 Å². The molecule has 1 aliphatic heterocycles. The van der Waals surface area contributed by atoms with Crippen LogP contribution in [-0.2, 0) is 0 Å². The quantitative estimate of drug-likeness (QED) is 0.752. The van der Waals surface area contributed by atoms with Crippen molar-refractivity contribution in [3.8, 4) is 0 Å². The van der Waals surface area contributed by atoms with Crippen LogP contribution in [0.2, 0.25) is 0 Å². The third-order valence-electron chi connectivity index (χ3n) is 3.24. The number of anilines is 1. The monoisotopic (exact) mass is 234 g/mol. The van der Waals surface area contributed by atoms with Crippen molar-refractivity contribution < 1.29 is 0 Å². The second-order valence-electron chi connectivity index (χ2n) is 4.37. The molecule has 0 aliphatic carbocycles. The summed E-state index contributed by atoms with van der Waals surface area (Å²) in [7, 11) is 0. The van der Waals surface area contributed by atoms with Crippen molar-refractivity contribution in [3.63, 3.8) is 0 Å². The van der Waals surface area contributed by atoms with Gasteiger partial charge in [-0.05, 0) is 56.1 Å². The first-order valence-corrected chi connectivity index (χ1v) is 6.21. The predicted octanol–water partition coefficient (Wildman–Crippen LogP) is 3.10. The third-order valence-corrected chi connectivity index (χ3v) is 3.60. The average Bonchev–Trinajstić information content (AvgIpc) is 2.78. The van der Waals surface area contributed by atoms with Crippen LogP contribution in [0.25, 0.3) is 0 Å². The van der Waals surface area contributed by atoms with Crippen molar-refractivity contribution in [1.29, 1.82) is 0 Å². The normalized spacial score (nSPS) is 15.2. The maximum Gasteiger partial charge on any atom is 0.173 e. The number of hydrogen-bond acceptors (Lipinski definition) is 1. The third kappa shape index (κ3) is 2.35. The number of hydrogen-bond donors (Lipinski definition) is 1. The molecular weight excluding hydrogens is 216 g/mol. The molecule has 0 amide bonds.